The highest BCUT2D eigenvalue weighted by Crippen LogP contribution is 2.36. The van der Waals surface area contributed by atoms with Crippen molar-refractivity contribution in [2.45, 2.75) is 13.3 Å². The van der Waals surface area contributed by atoms with Crippen molar-refractivity contribution in [3.8, 4) is 11.1 Å². The topological polar surface area (TPSA) is 66.0 Å². The predicted molar refractivity (Wildman–Crippen MR) is 122 cm³/mol. The molecular weight excluding hydrogens is 378 g/mol. The molecule has 0 bridgehead atoms. The van der Waals surface area contributed by atoms with Gasteiger partial charge in [-0.25, -0.2) is 9.97 Å². The highest BCUT2D eigenvalue weighted by Gasteiger charge is 2.13. The molecule has 0 saturated heterocycles. The summed E-state index contributed by atoms with van der Waals surface area (Å²) in [6.45, 7) is 2.16. The molecule has 2 N–H and O–H groups in total. The number of nitrogens with one attached hydrogen (secondary N) is 2. The van der Waals surface area contributed by atoms with Crippen LogP contribution in [0, 0.1) is 0 Å². The van der Waals surface area contributed by atoms with Crippen LogP contribution >= 0.6 is 11.3 Å². The van der Waals surface area contributed by atoms with Crippen LogP contribution in [0.3, 0.4) is 0 Å². The standard InChI is InChI=1S/C23H19N5S/c1-2-15-7-9-16(10-8-15)19-13-29-23-21(19)22(25-14-26-23)28-27-12-17-11-24-20-6-4-3-5-18(17)20/h3-14,24H,2H2,1H3,(H,25,26,28)/b27-12+. The largest absolute Gasteiger partial charge is 0.361 e. The van der Waals surface area contributed by atoms with Crippen molar-refractivity contribution >= 4 is 44.5 Å². The number of para-hydroxylation sites is 1. The molecule has 5 nitrogen and oxygen atoms in total. The van der Waals surface area contributed by atoms with Crippen LogP contribution in [-0.4, -0.2) is 21.2 Å². The van der Waals surface area contributed by atoms with Gasteiger partial charge in [0, 0.05) is 33.6 Å². The van der Waals surface area contributed by atoms with E-state index in [4.69, 9.17) is 0 Å². The summed E-state index contributed by atoms with van der Waals surface area (Å²) in [5.41, 5.74) is 8.85. The molecule has 0 aliphatic carbocycles. The van der Waals surface area contributed by atoms with Crippen LogP contribution < -0.4 is 5.43 Å². The van der Waals surface area contributed by atoms with Crippen LogP contribution in [0.4, 0.5) is 5.82 Å². The Morgan fingerprint density at radius 1 is 1.10 bits per heavy atom. The Bertz CT molecular complexity index is 1310. The second-order valence-electron chi connectivity index (χ2n) is 6.76. The molecule has 0 unspecified atom stereocenters. The lowest BCUT2D eigenvalue weighted by Crippen LogP contribution is -1.95. The van der Waals surface area contributed by atoms with Gasteiger partial charge in [0.05, 0.1) is 11.6 Å². The zero-order valence-electron chi connectivity index (χ0n) is 15.9. The van der Waals surface area contributed by atoms with Gasteiger partial charge in [-0.15, -0.1) is 11.3 Å². The van der Waals surface area contributed by atoms with Crippen LogP contribution in [0.2, 0.25) is 0 Å². The first-order valence-electron chi connectivity index (χ1n) is 9.50. The van der Waals surface area contributed by atoms with Gasteiger partial charge in [-0.3, -0.25) is 5.43 Å². The van der Waals surface area contributed by atoms with E-state index in [1.54, 1.807) is 17.7 Å². The number of aromatic amines is 1. The van der Waals surface area contributed by atoms with E-state index in [1.165, 1.54) is 5.56 Å². The molecule has 2 aromatic carbocycles. The van der Waals surface area contributed by atoms with Crippen molar-refractivity contribution in [1.29, 1.82) is 0 Å². The number of aromatic nitrogens is 3. The minimum atomic E-state index is 0.710. The number of fused-ring (bicyclic) bond motifs is 2. The summed E-state index contributed by atoms with van der Waals surface area (Å²) in [7, 11) is 0. The molecule has 0 saturated carbocycles. The van der Waals surface area contributed by atoms with E-state index in [-0.39, 0.29) is 0 Å². The van der Waals surface area contributed by atoms with E-state index in [1.807, 2.05) is 24.5 Å². The molecular formula is C23H19N5S. The van der Waals surface area contributed by atoms with E-state index in [9.17, 15) is 0 Å². The fourth-order valence-electron chi connectivity index (χ4n) is 3.46. The van der Waals surface area contributed by atoms with Gasteiger partial charge in [0.15, 0.2) is 5.82 Å². The third-order valence-electron chi connectivity index (χ3n) is 5.04. The van der Waals surface area contributed by atoms with Crippen LogP contribution in [0.1, 0.15) is 18.1 Å². The summed E-state index contributed by atoms with van der Waals surface area (Å²) >= 11 is 1.62. The number of aryl methyl sites for hydroxylation is 1. The first-order chi connectivity index (χ1) is 14.3. The van der Waals surface area contributed by atoms with Crippen molar-refractivity contribution in [2.75, 3.05) is 5.43 Å². The van der Waals surface area contributed by atoms with E-state index in [0.29, 0.717) is 5.82 Å². The van der Waals surface area contributed by atoms with E-state index in [0.717, 1.165) is 44.2 Å². The summed E-state index contributed by atoms with van der Waals surface area (Å²) < 4.78 is 0. The Balaban J connectivity index is 1.49. The number of hydrogen-bond donors (Lipinski definition) is 2. The van der Waals surface area contributed by atoms with Gasteiger partial charge in [0.25, 0.3) is 0 Å². The lowest BCUT2D eigenvalue weighted by Gasteiger charge is -2.05. The third-order valence-corrected chi connectivity index (χ3v) is 5.93. The summed E-state index contributed by atoms with van der Waals surface area (Å²) in [6.07, 6.45) is 6.38. The number of benzene rings is 2. The molecule has 0 fully saturated rings. The van der Waals surface area contributed by atoms with E-state index >= 15 is 0 Å². The van der Waals surface area contributed by atoms with E-state index in [2.05, 4.69) is 74.2 Å². The van der Waals surface area contributed by atoms with Gasteiger partial charge < -0.3 is 4.98 Å². The number of anilines is 1. The SMILES string of the molecule is CCc1ccc(-c2csc3ncnc(N/N=C/c4c[nH]c5ccccc45)c23)cc1. The Hall–Kier alpha value is -3.51. The maximum atomic E-state index is 4.45. The number of hydrazone groups is 1. The van der Waals surface area contributed by atoms with Crippen molar-refractivity contribution in [2.24, 2.45) is 5.10 Å². The zero-order valence-corrected chi connectivity index (χ0v) is 16.7. The molecule has 0 atom stereocenters. The summed E-state index contributed by atoms with van der Waals surface area (Å²) in [5, 5.41) is 8.71. The normalized spacial score (nSPS) is 11.6. The number of nitrogens with zero attached hydrogens (tertiary/aromatic N) is 3. The van der Waals surface area contributed by atoms with Gasteiger partial charge in [0.2, 0.25) is 0 Å². The molecule has 3 aromatic heterocycles. The van der Waals surface area contributed by atoms with Gasteiger partial charge in [-0.2, -0.15) is 5.10 Å². The van der Waals surface area contributed by atoms with Gasteiger partial charge in [-0.1, -0.05) is 49.4 Å². The lowest BCUT2D eigenvalue weighted by atomic mass is 10.0. The zero-order chi connectivity index (χ0) is 19.6. The van der Waals surface area contributed by atoms with Gasteiger partial charge in [-0.05, 0) is 23.6 Å². The van der Waals surface area contributed by atoms with Crippen LogP contribution in [0.25, 0.3) is 32.2 Å². The molecule has 0 aliphatic rings. The fourth-order valence-corrected chi connectivity index (χ4v) is 4.37. The summed E-state index contributed by atoms with van der Waals surface area (Å²) in [4.78, 5) is 13.1. The first-order valence-corrected chi connectivity index (χ1v) is 10.4. The van der Waals surface area contributed by atoms with Crippen molar-refractivity contribution in [1.82, 2.24) is 15.0 Å². The Morgan fingerprint density at radius 2 is 1.97 bits per heavy atom. The maximum absolute atomic E-state index is 4.45. The van der Waals surface area contributed by atoms with Crippen molar-refractivity contribution in [3.63, 3.8) is 0 Å². The average Bonchev–Trinajstić information content (AvgIpc) is 3.39. The van der Waals surface area contributed by atoms with Crippen LogP contribution in [0.5, 0.6) is 0 Å². The quantitative estimate of drug-likeness (QED) is 0.289. The first kappa shape index (κ1) is 17.6. The summed E-state index contributed by atoms with van der Waals surface area (Å²) in [5.74, 6) is 0.710. The second-order valence-corrected chi connectivity index (χ2v) is 7.62. The average molecular weight is 398 g/mol. The summed E-state index contributed by atoms with van der Waals surface area (Å²) in [6, 6.07) is 16.8. The molecule has 0 radical (unpaired) electrons. The molecule has 5 rings (SSSR count). The van der Waals surface area contributed by atoms with Crippen LogP contribution in [0.15, 0.2) is 71.5 Å². The molecule has 0 amide bonds. The molecule has 29 heavy (non-hydrogen) atoms. The lowest BCUT2D eigenvalue weighted by molar-refractivity contribution is 1.14. The maximum Gasteiger partial charge on any atom is 0.159 e. The fraction of sp³-hybridized carbons (Fsp3) is 0.0870. The minimum Gasteiger partial charge on any atom is -0.361 e. The number of H-pyrrole nitrogens is 1. The second kappa shape index (κ2) is 7.48. The van der Waals surface area contributed by atoms with Crippen LogP contribution in [-0.2, 0) is 6.42 Å². The molecule has 0 aliphatic heterocycles. The Labute approximate surface area is 172 Å². The third kappa shape index (κ3) is 3.28. The molecule has 3 heterocycles. The predicted octanol–water partition coefficient (Wildman–Crippen LogP) is 5.85. The number of rotatable bonds is 5. The monoisotopic (exact) mass is 397 g/mol. The Kier molecular flexibility index (Phi) is 4.54. The number of thiophene rings is 1. The molecule has 6 heteroatoms. The van der Waals surface area contributed by atoms with E-state index < -0.39 is 0 Å². The van der Waals surface area contributed by atoms with Gasteiger partial charge >= 0.3 is 0 Å². The van der Waals surface area contributed by atoms with Crippen molar-refractivity contribution in [3.05, 3.63) is 77.6 Å². The molecule has 0 spiro atoms. The van der Waals surface area contributed by atoms with Crippen molar-refractivity contribution < 1.29 is 0 Å². The smallest absolute Gasteiger partial charge is 0.159 e. The highest BCUT2D eigenvalue weighted by molar-refractivity contribution is 7.17. The van der Waals surface area contributed by atoms with Gasteiger partial charge in [0.1, 0.15) is 11.2 Å². The minimum absolute atomic E-state index is 0.710. The highest BCUT2D eigenvalue weighted by atomic mass is 32.1. The number of hydrogen-bond acceptors (Lipinski definition) is 5. The molecule has 5 aromatic rings. The molecule has 142 valence electrons. The Morgan fingerprint density at radius 3 is 2.83 bits per heavy atom.